The van der Waals surface area contributed by atoms with Gasteiger partial charge in [-0.25, -0.2) is 0 Å². The second-order valence-electron chi connectivity index (χ2n) is 7.97. The molecule has 0 heterocycles. The van der Waals surface area contributed by atoms with E-state index in [1.165, 1.54) is 12.8 Å². The van der Waals surface area contributed by atoms with Crippen molar-refractivity contribution in [3.8, 4) is 0 Å². The zero-order valence-corrected chi connectivity index (χ0v) is 12.8. The lowest BCUT2D eigenvalue weighted by Gasteiger charge is -2.71. The summed E-state index contributed by atoms with van der Waals surface area (Å²) in [7, 11) is 0. The minimum absolute atomic E-state index is 0.608. The highest BCUT2D eigenvalue weighted by molar-refractivity contribution is 5.33. The van der Waals surface area contributed by atoms with Gasteiger partial charge < -0.3 is 0 Å². The first-order chi connectivity index (χ1) is 7.82. The molecule has 17 heavy (non-hydrogen) atoms. The largest absolute Gasteiger partial charge is 0.0651 e. The van der Waals surface area contributed by atoms with Crippen LogP contribution < -0.4 is 0 Å². The van der Waals surface area contributed by atoms with Gasteiger partial charge in [0.2, 0.25) is 0 Å². The zero-order chi connectivity index (χ0) is 12.8. The predicted molar refractivity (Wildman–Crippen MR) is 73.7 cm³/mol. The van der Waals surface area contributed by atoms with E-state index in [1.807, 2.05) is 0 Å². The molecule has 0 aromatic heterocycles. The Morgan fingerprint density at radius 3 is 1.94 bits per heavy atom. The number of fused-ring (bicyclic) bond motifs is 1. The Labute approximate surface area is 108 Å². The van der Waals surface area contributed by atoms with Crippen LogP contribution in [-0.4, -0.2) is 0 Å². The van der Waals surface area contributed by atoms with Gasteiger partial charge in [-0.2, -0.15) is 0 Å². The van der Waals surface area contributed by atoms with E-state index < -0.39 is 0 Å². The fraction of sp³-hybridized carbons (Fsp3) is 1.00. The molecule has 98 valence electrons. The molecule has 0 amide bonds. The summed E-state index contributed by atoms with van der Waals surface area (Å²) >= 11 is 0. The average Bonchev–Trinajstić information content (AvgIpc) is 2.50. The van der Waals surface area contributed by atoms with Crippen LogP contribution in [0.2, 0.25) is 0 Å². The van der Waals surface area contributed by atoms with Crippen LogP contribution in [0.4, 0.5) is 0 Å². The number of hydrogen-bond acceptors (Lipinski definition) is 0. The van der Waals surface area contributed by atoms with E-state index >= 15 is 0 Å². The first-order valence-electron chi connectivity index (χ1n) is 7.82. The lowest BCUT2D eigenvalue weighted by atomic mass is 9.33. The molecule has 0 nitrogen and oxygen atoms in total. The molecule has 3 saturated carbocycles. The van der Waals surface area contributed by atoms with E-state index in [2.05, 4.69) is 48.5 Å². The molecule has 3 fully saturated rings. The summed E-state index contributed by atoms with van der Waals surface area (Å²) in [5, 5.41) is 0. The smallest absolute Gasteiger partial charge is 0.0176 e. The second kappa shape index (κ2) is 2.94. The van der Waals surface area contributed by atoms with Gasteiger partial charge in [0.25, 0.3) is 0 Å². The van der Waals surface area contributed by atoms with E-state index in [0.717, 1.165) is 29.6 Å². The molecule has 0 aromatic rings. The molecule has 2 bridgehead atoms. The molecule has 0 N–H and O–H groups in total. The quantitative estimate of drug-likeness (QED) is 0.631. The van der Waals surface area contributed by atoms with E-state index in [0.29, 0.717) is 16.2 Å². The minimum atomic E-state index is 0.608. The molecule has 0 radical (unpaired) electrons. The summed E-state index contributed by atoms with van der Waals surface area (Å²) in [4.78, 5) is 0. The topological polar surface area (TPSA) is 0 Å². The summed E-state index contributed by atoms with van der Waals surface area (Å²) < 4.78 is 0. The summed E-state index contributed by atoms with van der Waals surface area (Å²) in [5.74, 6) is 4.90. The minimum Gasteiger partial charge on any atom is -0.0651 e. The molecule has 0 aliphatic heterocycles. The van der Waals surface area contributed by atoms with Crippen molar-refractivity contribution < 1.29 is 0 Å². The van der Waals surface area contributed by atoms with E-state index in [4.69, 9.17) is 0 Å². The molecule has 3 aliphatic carbocycles. The Kier molecular flexibility index (Phi) is 2.08. The van der Waals surface area contributed by atoms with Gasteiger partial charge in [-0.3, -0.25) is 0 Å². The van der Waals surface area contributed by atoms with Gasteiger partial charge in [-0.1, -0.05) is 54.9 Å². The highest BCUT2D eigenvalue weighted by Crippen LogP contribution is 2.90. The molecule has 8 atom stereocenters. The molecule has 0 spiro atoms. The van der Waals surface area contributed by atoms with Crippen molar-refractivity contribution in [2.24, 2.45) is 45.8 Å². The van der Waals surface area contributed by atoms with Crippen molar-refractivity contribution in [2.75, 3.05) is 0 Å². The van der Waals surface area contributed by atoms with Crippen LogP contribution in [0, 0.1) is 45.8 Å². The fourth-order valence-electron chi connectivity index (χ4n) is 7.93. The van der Waals surface area contributed by atoms with Gasteiger partial charge in [-0.15, -0.1) is 0 Å². The lowest BCUT2D eigenvalue weighted by molar-refractivity contribution is -0.240. The summed E-state index contributed by atoms with van der Waals surface area (Å²) in [6, 6.07) is 0. The molecule has 3 rings (SSSR count). The van der Waals surface area contributed by atoms with Crippen LogP contribution in [0.15, 0.2) is 0 Å². The SMILES string of the molecule is CCC1C2C(C)C3C(C)C1(C)C2(C)C3(C)CC. The molecular formula is C17H30. The molecule has 0 saturated heterocycles. The number of hydrogen-bond donors (Lipinski definition) is 0. The second-order valence-corrected chi connectivity index (χ2v) is 7.97. The van der Waals surface area contributed by atoms with Crippen molar-refractivity contribution in [2.45, 2.75) is 61.3 Å². The van der Waals surface area contributed by atoms with Crippen molar-refractivity contribution >= 4 is 0 Å². The van der Waals surface area contributed by atoms with Crippen LogP contribution in [-0.2, 0) is 0 Å². The molecule has 0 heteroatoms. The Hall–Kier alpha value is 0. The Balaban J connectivity index is 2.17. The Morgan fingerprint density at radius 1 is 0.941 bits per heavy atom. The van der Waals surface area contributed by atoms with Gasteiger partial charge in [0.1, 0.15) is 0 Å². The van der Waals surface area contributed by atoms with Crippen molar-refractivity contribution in [3.63, 3.8) is 0 Å². The molecule has 0 aromatic carbocycles. The van der Waals surface area contributed by atoms with Crippen LogP contribution in [0.1, 0.15) is 61.3 Å². The first-order valence-corrected chi connectivity index (χ1v) is 7.82. The monoisotopic (exact) mass is 234 g/mol. The Morgan fingerprint density at radius 2 is 1.53 bits per heavy atom. The van der Waals surface area contributed by atoms with Gasteiger partial charge in [0.05, 0.1) is 0 Å². The molecule has 3 aliphatic rings. The maximum absolute atomic E-state index is 2.65. The maximum atomic E-state index is 2.65. The molecular weight excluding hydrogens is 204 g/mol. The lowest BCUT2D eigenvalue weighted by Crippen LogP contribution is -2.66. The van der Waals surface area contributed by atoms with E-state index in [-0.39, 0.29) is 0 Å². The highest BCUT2D eigenvalue weighted by atomic mass is 14.9. The Bertz CT molecular complexity index is 359. The first kappa shape index (κ1) is 12.1. The maximum Gasteiger partial charge on any atom is -0.0176 e. The third-order valence-corrected chi connectivity index (χ3v) is 8.70. The third-order valence-electron chi connectivity index (χ3n) is 8.70. The van der Waals surface area contributed by atoms with Crippen molar-refractivity contribution in [1.29, 1.82) is 0 Å². The van der Waals surface area contributed by atoms with Gasteiger partial charge >= 0.3 is 0 Å². The van der Waals surface area contributed by atoms with Crippen LogP contribution in [0.3, 0.4) is 0 Å². The predicted octanol–water partition coefficient (Wildman–Crippen LogP) is 4.99. The van der Waals surface area contributed by atoms with E-state index in [1.54, 1.807) is 0 Å². The summed E-state index contributed by atoms with van der Waals surface area (Å²) in [5.41, 5.74) is 1.87. The molecule has 8 unspecified atom stereocenters. The van der Waals surface area contributed by atoms with Crippen LogP contribution >= 0.6 is 0 Å². The van der Waals surface area contributed by atoms with Crippen LogP contribution in [0.5, 0.6) is 0 Å². The van der Waals surface area contributed by atoms with Crippen molar-refractivity contribution in [1.82, 2.24) is 0 Å². The fourth-order valence-corrected chi connectivity index (χ4v) is 7.93. The van der Waals surface area contributed by atoms with Gasteiger partial charge in [0.15, 0.2) is 0 Å². The normalized spacial score (nSPS) is 68.3. The van der Waals surface area contributed by atoms with Crippen LogP contribution in [0.25, 0.3) is 0 Å². The van der Waals surface area contributed by atoms with Crippen molar-refractivity contribution in [3.05, 3.63) is 0 Å². The van der Waals surface area contributed by atoms with E-state index in [9.17, 15) is 0 Å². The summed E-state index contributed by atoms with van der Waals surface area (Å²) in [6.45, 7) is 17.9. The summed E-state index contributed by atoms with van der Waals surface area (Å²) in [6.07, 6.45) is 2.78. The highest BCUT2D eigenvalue weighted by Gasteiger charge is 2.86. The van der Waals surface area contributed by atoms with Gasteiger partial charge in [0, 0.05) is 0 Å². The third kappa shape index (κ3) is 0.790. The number of rotatable bonds is 2. The average molecular weight is 234 g/mol. The van der Waals surface area contributed by atoms with Gasteiger partial charge in [-0.05, 0) is 52.3 Å². The zero-order valence-electron chi connectivity index (χ0n) is 12.8. The standard InChI is InChI=1S/C17H30/c1-8-12-14-10(3)13-11(4)16(12,6)17(14,7)15(13,5)9-2/h10-14H,8-9H2,1-7H3.